The van der Waals surface area contributed by atoms with Crippen molar-refractivity contribution in [1.82, 2.24) is 19.7 Å². The molecule has 29 heavy (non-hydrogen) atoms. The summed E-state index contributed by atoms with van der Waals surface area (Å²) in [5.74, 6) is 3.09. The summed E-state index contributed by atoms with van der Waals surface area (Å²) in [5.41, 5.74) is 0.981. The van der Waals surface area contributed by atoms with Gasteiger partial charge in [0.2, 0.25) is 5.91 Å². The number of hydrogen-bond donors (Lipinski definition) is 0. The highest BCUT2D eigenvalue weighted by Crippen LogP contribution is 2.36. The molecule has 0 aliphatic heterocycles. The number of rotatable bonds is 7. The Morgan fingerprint density at radius 3 is 2.31 bits per heavy atom. The SMILES string of the molecule is COc1ccc(-c2nnc(SCC(=O)N(C3CCC(C)CC3)C3CC3)n2C)cc1. The first-order chi connectivity index (χ1) is 14.1. The van der Waals surface area contributed by atoms with Crippen LogP contribution in [0, 0.1) is 5.92 Å². The maximum atomic E-state index is 13.1. The van der Waals surface area contributed by atoms with Crippen molar-refractivity contribution in [1.29, 1.82) is 0 Å². The summed E-state index contributed by atoms with van der Waals surface area (Å²) in [6.07, 6.45) is 7.10. The van der Waals surface area contributed by atoms with E-state index in [1.807, 2.05) is 35.9 Å². The molecule has 0 saturated heterocycles. The first-order valence-electron chi connectivity index (χ1n) is 10.5. The number of hydrogen-bond acceptors (Lipinski definition) is 5. The summed E-state index contributed by atoms with van der Waals surface area (Å²) in [6, 6.07) is 8.68. The molecule has 2 aromatic rings. The van der Waals surface area contributed by atoms with Gasteiger partial charge < -0.3 is 14.2 Å². The molecule has 7 heteroatoms. The number of amides is 1. The quantitative estimate of drug-likeness (QED) is 0.637. The second-order valence-corrected chi connectivity index (χ2v) is 9.27. The molecule has 156 valence electrons. The normalized spacial score (nSPS) is 21.8. The molecular formula is C22H30N4O2S. The third-order valence-electron chi connectivity index (χ3n) is 6.11. The molecule has 0 radical (unpaired) electrons. The molecule has 2 saturated carbocycles. The number of thioether (sulfide) groups is 1. The lowest BCUT2D eigenvalue weighted by molar-refractivity contribution is -0.132. The average Bonchev–Trinajstić information content (AvgIpc) is 3.50. The van der Waals surface area contributed by atoms with Crippen LogP contribution in [0.15, 0.2) is 29.4 Å². The van der Waals surface area contributed by atoms with Gasteiger partial charge in [0.05, 0.1) is 12.9 Å². The van der Waals surface area contributed by atoms with Crippen LogP contribution in [0.2, 0.25) is 0 Å². The van der Waals surface area contributed by atoms with Crippen LogP contribution in [0.1, 0.15) is 45.4 Å². The van der Waals surface area contributed by atoms with Crippen LogP contribution < -0.4 is 4.74 Å². The van der Waals surface area contributed by atoms with E-state index in [4.69, 9.17) is 4.74 Å². The Morgan fingerprint density at radius 2 is 1.72 bits per heavy atom. The zero-order valence-corrected chi connectivity index (χ0v) is 18.3. The molecule has 0 N–H and O–H groups in total. The van der Waals surface area contributed by atoms with Crippen molar-refractivity contribution in [3.8, 4) is 17.1 Å². The maximum Gasteiger partial charge on any atom is 0.233 e. The van der Waals surface area contributed by atoms with Crippen molar-refractivity contribution < 1.29 is 9.53 Å². The van der Waals surface area contributed by atoms with Crippen LogP contribution in [0.3, 0.4) is 0 Å². The van der Waals surface area contributed by atoms with Crippen molar-refractivity contribution in [3.05, 3.63) is 24.3 Å². The molecule has 2 aliphatic rings. The van der Waals surface area contributed by atoms with E-state index >= 15 is 0 Å². The second-order valence-electron chi connectivity index (χ2n) is 8.33. The van der Waals surface area contributed by atoms with Crippen molar-refractivity contribution in [2.45, 2.75) is 62.7 Å². The predicted molar refractivity (Wildman–Crippen MR) is 115 cm³/mol. The van der Waals surface area contributed by atoms with Crippen LogP contribution in [-0.2, 0) is 11.8 Å². The van der Waals surface area contributed by atoms with Crippen LogP contribution >= 0.6 is 11.8 Å². The molecule has 1 heterocycles. The van der Waals surface area contributed by atoms with Gasteiger partial charge in [-0.05, 0) is 68.7 Å². The molecule has 0 bridgehead atoms. The average molecular weight is 415 g/mol. The number of methoxy groups -OCH3 is 1. The third kappa shape index (κ3) is 4.60. The fourth-order valence-corrected chi connectivity index (χ4v) is 4.99. The molecule has 4 rings (SSSR count). The van der Waals surface area contributed by atoms with Crippen LogP contribution in [0.5, 0.6) is 5.75 Å². The Morgan fingerprint density at radius 1 is 1.10 bits per heavy atom. The van der Waals surface area contributed by atoms with Gasteiger partial charge in [-0.3, -0.25) is 4.79 Å². The molecule has 0 atom stereocenters. The van der Waals surface area contributed by atoms with Crippen molar-refractivity contribution in [3.63, 3.8) is 0 Å². The first kappa shape index (κ1) is 20.3. The second kappa shape index (κ2) is 8.78. The number of aromatic nitrogens is 3. The summed E-state index contributed by atoms with van der Waals surface area (Å²) in [5, 5.41) is 9.43. The minimum Gasteiger partial charge on any atom is -0.497 e. The monoisotopic (exact) mass is 414 g/mol. The van der Waals surface area contributed by atoms with E-state index in [2.05, 4.69) is 22.0 Å². The van der Waals surface area contributed by atoms with E-state index in [0.29, 0.717) is 17.8 Å². The van der Waals surface area contributed by atoms with Crippen molar-refractivity contribution >= 4 is 17.7 Å². The van der Waals surface area contributed by atoms with Gasteiger partial charge in [0.1, 0.15) is 5.75 Å². The minimum absolute atomic E-state index is 0.256. The van der Waals surface area contributed by atoms with Gasteiger partial charge in [0, 0.05) is 24.7 Å². The number of carbonyl (C=O) groups is 1. The van der Waals surface area contributed by atoms with Gasteiger partial charge in [-0.2, -0.15) is 0 Å². The third-order valence-corrected chi connectivity index (χ3v) is 7.12. The Bertz CT molecular complexity index is 839. The molecule has 1 amide bonds. The van der Waals surface area contributed by atoms with E-state index in [0.717, 1.165) is 53.9 Å². The van der Waals surface area contributed by atoms with Gasteiger partial charge in [0.15, 0.2) is 11.0 Å². The summed E-state index contributed by atoms with van der Waals surface area (Å²) >= 11 is 1.49. The summed E-state index contributed by atoms with van der Waals surface area (Å²) < 4.78 is 7.18. The van der Waals surface area contributed by atoms with E-state index in [-0.39, 0.29) is 5.91 Å². The topological polar surface area (TPSA) is 60.3 Å². The highest BCUT2D eigenvalue weighted by atomic mass is 32.2. The van der Waals surface area contributed by atoms with Gasteiger partial charge in [-0.15, -0.1) is 10.2 Å². The summed E-state index contributed by atoms with van der Waals surface area (Å²) in [6.45, 7) is 2.32. The van der Waals surface area contributed by atoms with Gasteiger partial charge >= 0.3 is 0 Å². The molecule has 1 aromatic carbocycles. The lowest BCUT2D eigenvalue weighted by Crippen LogP contribution is -2.44. The van der Waals surface area contributed by atoms with E-state index in [9.17, 15) is 4.79 Å². The fourth-order valence-electron chi connectivity index (χ4n) is 4.21. The molecule has 0 unspecified atom stereocenters. The molecule has 6 nitrogen and oxygen atoms in total. The zero-order chi connectivity index (χ0) is 20.4. The predicted octanol–water partition coefficient (Wildman–Crippen LogP) is 4.15. The Kier molecular flexibility index (Phi) is 6.13. The molecular weight excluding hydrogens is 384 g/mol. The minimum atomic E-state index is 0.256. The standard InChI is InChI=1S/C22H30N4O2S/c1-15-4-8-17(9-5-15)26(18-10-11-18)20(27)14-29-22-24-23-21(25(22)2)16-6-12-19(28-3)13-7-16/h6-7,12-13,15,17-18H,4-5,8-11,14H2,1-3H3. The Labute approximate surface area is 177 Å². The van der Waals surface area contributed by atoms with Crippen LogP contribution in [0.4, 0.5) is 0 Å². The van der Waals surface area contributed by atoms with Crippen molar-refractivity contribution in [2.75, 3.05) is 12.9 Å². The lowest BCUT2D eigenvalue weighted by Gasteiger charge is -2.36. The number of nitrogens with zero attached hydrogens (tertiary/aromatic N) is 4. The number of carbonyl (C=O) groups excluding carboxylic acids is 1. The Balaban J connectivity index is 1.40. The molecule has 0 spiro atoms. The van der Waals surface area contributed by atoms with Crippen LogP contribution in [0.25, 0.3) is 11.4 Å². The van der Waals surface area contributed by atoms with Crippen molar-refractivity contribution in [2.24, 2.45) is 13.0 Å². The Hall–Kier alpha value is -2.02. The van der Waals surface area contributed by atoms with Gasteiger partial charge in [-0.1, -0.05) is 18.7 Å². The largest absolute Gasteiger partial charge is 0.497 e. The fraction of sp³-hybridized carbons (Fsp3) is 0.591. The number of ether oxygens (including phenoxy) is 1. The van der Waals surface area contributed by atoms with Gasteiger partial charge in [0.25, 0.3) is 0 Å². The summed E-state index contributed by atoms with van der Waals surface area (Å²) in [7, 11) is 3.61. The summed E-state index contributed by atoms with van der Waals surface area (Å²) in [4.78, 5) is 15.3. The highest BCUT2D eigenvalue weighted by Gasteiger charge is 2.38. The molecule has 1 aromatic heterocycles. The number of benzene rings is 1. The van der Waals surface area contributed by atoms with Crippen LogP contribution in [-0.4, -0.2) is 50.5 Å². The first-order valence-corrected chi connectivity index (χ1v) is 11.5. The maximum absolute atomic E-state index is 13.1. The van der Waals surface area contributed by atoms with E-state index in [1.54, 1.807) is 7.11 Å². The highest BCUT2D eigenvalue weighted by molar-refractivity contribution is 7.99. The van der Waals surface area contributed by atoms with E-state index in [1.165, 1.54) is 24.6 Å². The molecule has 2 aliphatic carbocycles. The van der Waals surface area contributed by atoms with E-state index < -0.39 is 0 Å². The smallest absolute Gasteiger partial charge is 0.233 e. The zero-order valence-electron chi connectivity index (χ0n) is 17.5. The van der Waals surface area contributed by atoms with Gasteiger partial charge in [-0.25, -0.2) is 0 Å². The lowest BCUT2D eigenvalue weighted by atomic mass is 9.86. The molecule has 2 fully saturated rings.